The summed E-state index contributed by atoms with van der Waals surface area (Å²) in [4.78, 5) is 1.36. The first-order chi connectivity index (χ1) is 5.24. The van der Waals surface area contributed by atoms with Gasteiger partial charge in [0, 0.05) is 10.8 Å². The molecule has 11 heavy (non-hydrogen) atoms. The first kappa shape index (κ1) is 8.82. The van der Waals surface area contributed by atoms with E-state index in [4.69, 9.17) is 11.6 Å². The number of hydrogen-bond acceptors (Lipinski definition) is 1. The Morgan fingerprint density at radius 1 is 1.73 bits per heavy atom. The highest BCUT2D eigenvalue weighted by Crippen LogP contribution is 2.18. The average Bonchev–Trinajstić information content (AvgIpc) is 2.37. The van der Waals surface area contributed by atoms with Crippen LogP contribution in [0.4, 0.5) is 0 Å². The third kappa shape index (κ3) is 2.35. The maximum Gasteiger partial charge on any atom is 0.0434 e. The first-order valence-electron chi connectivity index (χ1n) is 3.51. The van der Waals surface area contributed by atoms with E-state index < -0.39 is 0 Å². The lowest BCUT2D eigenvalue weighted by Gasteiger charge is -1.93. The van der Waals surface area contributed by atoms with Crippen LogP contribution in [-0.2, 0) is 0 Å². The summed E-state index contributed by atoms with van der Waals surface area (Å²) in [6, 6.07) is 2.12. The van der Waals surface area contributed by atoms with Crippen molar-refractivity contribution in [3.05, 3.63) is 27.5 Å². The van der Waals surface area contributed by atoms with Crippen molar-refractivity contribution in [1.29, 1.82) is 0 Å². The number of thiophene rings is 1. The molecule has 0 nitrogen and oxygen atoms in total. The summed E-state index contributed by atoms with van der Waals surface area (Å²) in [7, 11) is 0. The Kier molecular flexibility index (Phi) is 3.16. The van der Waals surface area contributed by atoms with Gasteiger partial charge in [-0.05, 0) is 30.9 Å². The van der Waals surface area contributed by atoms with Gasteiger partial charge in [-0.15, -0.1) is 22.9 Å². The van der Waals surface area contributed by atoms with Crippen molar-refractivity contribution in [2.24, 2.45) is 0 Å². The van der Waals surface area contributed by atoms with Crippen molar-refractivity contribution in [3.63, 3.8) is 0 Å². The summed E-state index contributed by atoms with van der Waals surface area (Å²) in [5.74, 6) is 0.620. The second-order valence-electron chi connectivity index (χ2n) is 2.56. The monoisotopic (exact) mass is 186 g/mol. The Labute approximate surface area is 76.5 Å². The molecule has 0 saturated carbocycles. The summed E-state index contributed by atoms with van der Waals surface area (Å²) >= 11 is 7.43. The van der Waals surface area contributed by atoms with E-state index in [-0.39, 0.29) is 0 Å². The number of halogens is 1. The van der Waals surface area contributed by atoms with Gasteiger partial charge >= 0.3 is 0 Å². The molecule has 0 radical (unpaired) electrons. The quantitative estimate of drug-likeness (QED) is 0.618. The summed E-state index contributed by atoms with van der Waals surface area (Å²) in [6.07, 6.45) is 2.14. The minimum atomic E-state index is 0.620. The molecule has 0 spiro atoms. The predicted molar refractivity (Wildman–Crippen MR) is 53.4 cm³/mol. The molecule has 2 heteroatoms. The Balaban J connectivity index is 2.86. The van der Waals surface area contributed by atoms with Crippen molar-refractivity contribution >= 4 is 29.0 Å². The molecule has 0 aromatic carbocycles. The Hall–Kier alpha value is -0.270. The van der Waals surface area contributed by atoms with Crippen LogP contribution in [0.15, 0.2) is 17.0 Å². The number of allylic oxidation sites excluding steroid dienone is 1. The molecule has 60 valence electrons. The molecule has 0 aliphatic carbocycles. The van der Waals surface area contributed by atoms with Gasteiger partial charge in [0.15, 0.2) is 0 Å². The lowest BCUT2D eigenvalue weighted by molar-refractivity contribution is 1.42. The topological polar surface area (TPSA) is 0 Å². The van der Waals surface area contributed by atoms with E-state index in [1.54, 1.807) is 11.3 Å². The minimum absolute atomic E-state index is 0.620. The van der Waals surface area contributed by atoms with E-state index in [0.717, 1.165) is 0 Å². The Morgan fingerprint density at radius 2 is 2.45 bits per heavy atom. The average molecular weight is 187 g/mol. The molecule has 1 aromatic heterocycles. The molecular weight excluding hydrogens is 176 g/mol. The smallest absolute Gasteiger partial charge is 0.0434 e. The molecule has 0 aliphatic rings. The van der Waals surface area contributed by atoms with E-state index in [2.05, 4.69) is 24.4 Å². The molecule has 0 N–H and O–H groups in total. The van der Waals surface area contributed by atoms with Gasteiger partial charge < -0.3 is 0 Å². The van der Waals surface area contributed by atoms with E-state index in [1.807, 2.05) is 6.92 Å². The SMILES string of the molecule is C/C(=C/c1ccsc1C)CCl. The fourth-order valence-electron chi connectivity index (χ4n) is 0.849. The molecule has 0 atom stereocenters. The molecular formula is C9H11ClS. The molecule has 1 rings (SSSR count). The molecule has 0 aliphatic heterocycles. The summed E-state index contributed by atoms with van der Waals surface area (Å²) < 4.78 is 0. The van der Waals surface area contributed by atoms with Crippen molar-refractivity contribution < 1.29 is 0 Å². The molecule has 0 saturated heterocycles. The van der Waals surface area contributed by atoms with Crippen LogP contribution in [-0.4, -0.2) is 5.88 Å². The fourth-order valence-corrected chi connectivity index (χ4v) is 1.61. The van der Waals surface area contributed by atoms with Crippen molar-refractivity contribution in [2.45, 2.75) is 13.8 Å². The lowest BCUT2D eigenvalue weighted by Crippen LogP contribution is -1.76. The van der Waals surface area contributed by atoms with Crippen LogP contribution in [0.2, 0.25) is 0 Å². The molecule has 1 aromatic rings. The predicted octanol–water partition coefficient (Wildman–Crippen LogP) is 3.70. The van der Waals surface area contributed by atoms with Crippen LogP contribution in [0.3, 0.4) is 0 Å². The fraction of sp³-hybridized carbons (Fsp3) is 0.333. The van der Waals surface area contributed by atoms with Gasteiger partial charge in [0.05, 0.1) is 0 Å². The van der Waals surface area contributed by atoms with Gasteiger partial charge in [-0.25, -0.2) is 0 Å². The third-order valence-electron chi connectivity index (χ3n) is 1.51. The second-order valence-corrected chi connectivity index (χ2v) is 3.94. The van der Waals surface area contributed by atoms with Crippen LogP contribution < -0.4 is 0 Å². The summed E-state index contributed by atoms with van der Waals surface area (Å²) in [6.45, 7) is 4.17. The van der Waals surface area contributed by atoms with E-state index in [1.165, 1.54) is 16.0 Å². The van der Waals surface area contributed by atoms with E-state index in [0.29, 0.717) is 5.88 Å². The highest BCUT2D eigenvalue weighted by Gasteiger charge is 1.95. The van der Waals surface area contributed by atoms with Crippen LogP contribution in [0.25, 0.3) is 6.08 Å². The van der Waals surface area contributed by atoms with Crippen LogP contribution in [0.1, 0.15) is 17.4 Å². The largest absolute Gasteiger partial charge is 0.149 e. The summed E-state index contributed by atoms with van der Waals surface area (Å²) in [5, 5.41) is 2.10. The van der Waals surface area contributed by atoms with Crippen LogP contribution >= 0.6 is 22.9 Å². The van der Waals surface area contributed by atoms with Crippen molar-refractivity contribution in [1.82, 2.24) is 0 Å². The third-order valence-corrected chi connectivity index (χ3v) is 2.79. The molecule has 1 heterocycles. The molecule has 0 unspecified atom stereocenters. The van der Waals surface area contributed by atoms with Gasteiger partial charge in [0.2, 0.25) is 0 Å². The Bertz CT molecular complexity index is 260. The standard InChI is InChI=1S/C9H11ClS/c1-7(6-10)5-9-3-4-11-8(9)2/h3-5H,6H2,1-2H3/b7-5-. The molecule has 0 fully saturated rings. The molecule has 0 bridgehead atoms. The second kappa shape index (κ2) is 3.93. The van der Waals surface area contributed by atoms with Gasteiger partial charge in [-0.3, -0.25) is 0 Å². The van der Waals surface area contributed by atoms with Gasteiger partial charge in [0.25, 0.3) is 0 Å². The zero-order valence-electron chi connectivity index (χ0n) is 6.73. The van der Waals surface area contributed by atoms with Gasteiger partial charge in [-0.1, -0.05) is 11.6 Å². The highest BCUT2D eigenvalue weighted by molar-refractivity contribution is 7.10. The van der Waals surface area contributed by atoms with Crippen LogP contribution in [0, 0.1) is 6.92 Å². The maximum atomic E-state index is 5.66. The van der Waals surface area contributed by atoms with E-state index >= 15 is 0 Å². The number of alkyl halides is 1. The zero-order valence-corrected chi connectivity index (χ0v) is 8.30. The normalized spacial score (nSPS) is 12.1. The van der Waals surface area contributed by atoms with Crippen molar-refractivity contribution in [3.8, 4) is 0 Å². The number of aryl methyl sites for hydroxylation is 1. The Morgan fingerprint density at radius 3 is 2.91 bits per heavy atom. The molecule has 0 amide bonds. The number of rotatable bonds is 2. The van der Waals surface area contributed by atoms with Crippen molar-refractivity contribution in [2.75, 3.05) is 5.88 Å². The van der Waals surface area contributed by atoms with Crippen LogP contribution in [0.5, 0.6) is 0 Å². The highest BCUT2D eigenvalue weighted by atomic mass is 35.5. The first-order valence-corrected chi connectivity index (χ1v) is 4.92. The van der Waals surface area contributed by atoms with Gasteiger partial charge in [0.1, 0.15) is 0 Å². The van der Waals surface area contributed by atoms with Gasteiger partial charge in [-0.2, -0.15) is 0 Å². The van der Waals surface area contributed by atoms with E-state index in [9.17, 15) is 0 Å². The minimum Gasteiger partial charge on any atom is -0.149 e. The zero-order chi connectivity index (χ0) is 8.27. The maximum absolute atomic E-state index is 5.66. The summed E-state index contributed by atoms with van der Waals surface area (Å²) in [5.41, 5.74) is 2.52. The lowest BCUT2D eigenvalue weighted by atomic mass is 10.2. The number of hydrogen-bond donors (Lipinski definition) is 0.